The van der Waals surface area contributed by atoms with Gasteiger partial charge >= 0.3 is 0 Å². The van der Waals surface area contributed by atoms with E-state index in [2.05, 4.69) is 4.72 Å². The summed E-state index contributed by atoms with van der Waals surface area (Å²) in [6.45, 7) is 0. The van der Waals surface area contributed by atoms with Crippen LogP contribution >= 0.6 is 11.6 Å². The zero-order valence-electron chi connectivity index (χ0n) is 10.2. The molecule has 0 saturated carbocycles. The molecular weight excluding hydrogens is 298 g/mol. The second-order valence-corrected chi connectivity index (χ2v) is 6.07. The van der Waals surface area contributed by atoms with Gasteiger partial charge in [-0.05, 0) is 42.5 Å². The van der Waals surface area contributed by atoms with Gasteiger partial charge < -0.3 is 5.73 Å². The summed E-state index contributed by atoms with van der Waals surface area (Å²) in [4.78, 5) is 0.0370. The van der Waals surface area contributed by atoms with Gasteiger partial charge in [-0.1, -0.05) is 11.6 Å². The Hall–Kier alpha value is -2.23. The van der Waals surface area contributed by atoms with Crippen LogP contribution in [-0.4, -0.2) is 8.42 Å². The minimum absolute atomic E-state index is 0.0370. The molecule has 0 aliphatic heterocycles. The van der Waals surface area contributed by atoms with Crippen molar-refractivity contribution in [2.45, 2.75) is 4.90 Å². The lowest BCUT2D eigenvalue weighted by Crippen LogP contribution is -2.13. The van der Waals surface area contributed by atoms with E-state index in [1.165, 1.54) is 36.4 Å². The first-order chi connectivity index (χ1) is 9.42. The average molecular weight is 308 g/mol. The average Bonchev–Trinajstić information content (AvgIpc) is 2.43. The SMILES string of the molecule is N#Cc1ccc(S(=O)(=O)Nc2cc(N)ccc2Cl)cc1. The van der Waals surface area contributed by atoms with Gasteiger partial charge in [-0.15, -0.1) is 0 Å². The van der Waals surface area contributed by atoms with E-state index in [1.54, 1.807) is 6.07 Å². The van der Waals surface area contributed by atoms with Gasteiger partial charge in [0, 0.05) is 5.69 Å². The third kappa shape index (κ3) is 3.02. The maximum Gasteiger partial charge on any atom is 0.261 e. The summed E-state index contributed by atoms with van der Waals surface area (Å²) < 4.78 is 26.7. The monoisotopic (exact) mass is 307 g/mol. The van der Waals surface area contributed by atoms with Gasteiger partial charge in [0.05, 0.1) is 27.2 Å². The molecule has 2 aromatic carbocycles. The van der Waals surface area contributed by atoms with Gasteiger partial charge in [0.15, 0.2) is 0 Å². The van der Waals surface area contributed by atoms with E-state index in [-0.39, 0.29) is 15.6 Å². The molecule has 0 aromatic heterocycles. The molecule has 2 aromatic rings. The van der Waals surface area contributed by atoms with E-state index in [1.807, 2.05) is 6.07 Å². The molecule has 0 amide bonds. The van der Waals surface area contributed by atoms with Crippen LogP contribution in [0.2, 0.25) is 5.02 Å². The zero-order valence-corrected chi connectivity index (χ0v) is 11.7. The first kappa shape index (κ1) is 14.2. The maximum atomic E-state index is 12.2. The Morgan fingerprint density at radius 3 is 2.40 bits per heavy atom. The minimum atomic E-state index is -3.78. The van der Waals surface area contributed by atoms with Gasteiger partial charge in [0.1, 0.15) is 0 Å². The van der Waals surface area contributed by atoms with Crippen LogP contribution in [0.4, 0.5) is 11.4 Å². The fraction of sp³-hybridized carbons (Fsp3) is 0. The number of nitrogens with zero attached hydrogens (tertiary/aromatic N) is 1. The molecule has 0 bridgehead atoms. The summed E-state index contributed by atoms with van der Waals surface area (Å²) in [5.41, 5.74) is 6.57. The van der Waals surface area contributed by atoms with E-state index in [0.717, 1.165) is 0 Å². The molecule has 20 heavy (non-hydrogen) atoms. The number of nitriles is 1. The van der Waals surface area contributed by atoms with Crippen LogP contribution in [-0.2, 0) is 10.0 Å². The Morgan fingerprint density at radius 1 is 1.15 bits per heavy atom. The Balaban J connectivity index is 2.35. The third-order valence-electron chi connectivity index (χ3n) is 2.53. The van der Waals surface area contributed by atoms with Crippen LogP contribution in [0.1, 0.15) is 5.56 Å². The van der Waals surface area contributed by atoms with Crippen molar-refractivity contribution in [3.63, 3.8) is 0 Å². The number of halogens is 1. The van der Waals surface area contributed by atoms with Crippen molar-refractivity contribution in [1.29, 1.82) is 5.26 Å². The van der Waals surface area contributed by atoms with Crippen LogP contribution in [0.25, 0.3) is 0 Å². The number of hydrogen-bond acceptors (Lipinski definition) is 4. The molecule has 0 spiro atoms. The van der Waals surface area contributed by atoms with Crippen LogP contribution in [0.3, 0.4) is 0 Å². The molecule has 0 radical (unpaired) electrons. The minimum Gasteiger partial charge on any atom is -0.399 e. The third-order valence-corrected chi connectivity index (χ3v) is 4.24. The molecule has 102 valence electrons. The number of benzene rings is 2. The molecule has 0 fully saturated rings. The zero-order chi connectivity index (χ0) is 14.8. The molecule has 0 aliphatic carbocycles. The molecule has 3 N–H and O–H groups in total. The van der Waals surface area contributed by atoms with Crippen molar-refractivity contribution in [3.05, 3.63) is 53.1 Å². The normalized spacial score (nSPS) is 10.8. The lowest BCUT2D eigenvalue weighted by Gasteiger charge is -2.10. The first-order valence-corrected chi connectivity index (χ1v) is 7.36. The lowest BCUT2D eigenvalue weighted by atomic mass is 10.2. The van der Waals surface area contributed by atoms with Crippen molar-refractivity contribution in [2.75, 3.05) is 10.5 Å². The summed E-state index contributed by atoms with van der Waals surface area (Å²) in [6, 6.07) is 12.0. The van der Waals surface area contributed by atoms with Gasteiger partial charge in [0.25, 0.3) is 10.0 Å². The Bertz CT molecular complexity index is 780. The van der Waals surface area contributed by atoms with Crippen LogP contribution in [0.15, 0.2) is 47.4 Å². The van der Waals surface area contributed by atoms with Gasteiger partial charge in [-0.3, -0.25) is 4.72 Å². The lowest BCUT2D eigenvalue weighted by molar-refractivity contribution is 0.601. The smallest absolute Gasteiger partial charge is 0.261 e. The molecule has 0 saturated heterocycles. The molecular formula is C13H10ClN3O2S. The van der Waals surface area contributed by atoms with Crippen molar-refractivity contribution >= 4 is 33.0 Å². The number of nitrogens with one attached hydrogen (secondary N) is 1. The summed E-state index contributed by atoms with van der Waals surface area (Å²) in [5.74, 6) is 0. The quantitative estimate of drug-likeness (QED) is 0.852. The van der Waals surface area contributed by atoms with Crippen LogP contribution in [0, 0.1) is 11.3 Å². The Kier molecular flexibility index (Phi) is 3.84. The Labute approximate surface area is 121 Å². The highest BCUT2D eigenvalue weighted by Gasteiger charge is 2.15. The first-order valence-electron chi connectivity index (χ1n) is 5.50. The van der Waals surface area contributed by atoms with E-state index in [4.69, 9.17) is 22.6 Å². The predicted molar refractivity (Wildman–Crippen MR) is 77.8 cm³/mol. The van der Waals surface area contributed by atoms with E-state index >= 15 is 0 Å². The number of hydrogen-bond donors (Lipinski definition) is 2. The topological polar surface area (TPSA) is 96.0 Å². The second kappa shape index (κ2) is 5.41. The van der Waals surface area contributed by atoms with E-state index < -0.39 is 10.0 Å². The summed E-state index contributed by atoms with van der Waals surface area (Å²) in [5, 5.41) is 8.93. The predicted octanol–water partition coefficient (Wildman–Crippen LogP) is 2.59. The second-order valence-electron chi connectivity index (χ2n) is 3.98. The van der Waals surface area contributed by atoms with Gasteiger partial charge in [0.2, 0.25) is 0 Å². The fourth-order valence-electron chi connectivity index (χ4n) is 1.53. The number of rotatable bonds is 3. The number of sulfonamides is 1. The largest absolute Gasteiger partial charge is 0.399 e. The van der Waals surface area contributed by atoms with Crippen molar-refractivity contribution in [1.82, 2.24) is 0 Å². The van der Waals surface area contributed by atoms with Crippen LogP contribution in [0.5, 0.6) is 0 Å². The fourth-order valence-corrected chi connectivity index (χ4v) is 2.82. The summed E-state index contributed by atoms with van der Waals surface area (Å²) >= 11 is 5.91. The van der Waals surface area contributed by atoms with Gasteiger partial charge in [-0.25, -0.2) is 8.42 Å². The van der Waals surface area contributed by atoms with Crippen molar-refractivity contribution in [3.8, 4) is 6.07 Å². The highest BCUT2D eigenvalue weighted by atomic mass is 35.5. The molecule has 0 atom stereocenters. The van der Waals surface area contributed by atoms with Crippen molar-refractivity contribution in [2.24, 2.45) is 0 Å². The molecule has 0 unspecified atom stereocenters. The van der Waals surface area contributed by atoms with Crippen LogP contribution < -0.4 is 10.5 Å². The molecule has 0 aliphatic rings. The molecule has 5 nitrogen and oxygen atoms in total. The standard InChI is InChI=1S/C13H10ClN3O2S/c14-12-6-3-10(16)7-13(12)17-20(18,19)11-4-1-9(8-15)2-5-11/h1-7,17H,16H2. The van der Waals surface area contributed by atoms with E-state index in [0.29, 0.717) is 11.3 Å². The molecule has 0 heterocycles. The Morgan fingerprint density at radius 2 is 1.80 bits per heavy atom. The van der Waals surface area contributed by atoms with Crippen molar-refractivity contribution < 1.29 is 8.42 Å². The number of anilines is 2. The number of nitrogen functional groups attached to an aromatic ring is 1. The summed E-state index contributed by atoms with van der Waals surface area (Å²) in [6.07, 6.45) is 0. The van der Waals surface area contributed by atoms with Gasteiger partial charge in [-0.2, -0.15) is 5.26 Å². The molecule has 2 rings (SSSR count). The number of nitrogens with two attached hydrogens (primary N) is 1. The molecule has 7 heteroatoms. The highest BCUT2D eigenvalue weighted by molar-refractivity contribution is 7.92. The van der Waals surface area contributed by atoms with E-state index in [9.17, 15) is 8.42 Å². The maximum absolute atomic E-state index is 12.2. The highest BCUT2D eigenvalue weighted by Crippen LogP contribution is 2.26. The summed E-state index contributed by atoms with van der Waals surface area (Å²) in [7, 11) is -3.78.